The Hall–Kier alpha value is -1.92. The van der Waals surface area contributed by atoms with Crippen LogP contribution in [0.4, 0.5) is 8.78 Å². The van der Waals surface area contributed by atoms with Crippen molar-refractivity contribution in [3.05, 3.63) is 23.9 Å². The van der Waals surface area contributed by atoms with Crippen LogP contribution < -0.4 is 15.8 Å². The molecule has 0 saturated heterocycles. The minimum atomic E-state index is -2.54. The van der Waals surface area contributed by atoms with Gasteiger partial charge in [0.15, 0.2) is 12.6 Å². The third-order valence-corrected chi connectivity index (χ3v) is 2.62. The van der Waals surface area contributed by atoms with Gasteiger partial charge in [-0.05, 0) is 19.4 Å². The predicted octanol–water partition coefficient (Wildman–Crippen LogP) is 1.93. The summed E-state index contributed by atoms with van der Waals surface area (Å²) >= 11 is 0. The molecule has 1 unspecified atom stereocenters. The monoisotopic (exact) mass is 286 g/mol. The number of pyridine rings is 1. The second-order valence-electron chi connectivity index (χ2n) is 4.32. The lowest BCUT2D eigenvalue weighted by Crippen LogP contribution is -2.38. The summed E-state index contributed by atoms with van der Waals surface area (Å²) in [6, 6.07) is 3.63. The van der Waals surface area contributed by atoms with Crippen molar-refractivity contribution < 1.29 is 13.5 Å². The number of aromatic nitrogens is 1. The Bertz CT molecular complexity index is 440. The molecule has 0 spiro atoms. The molecule has 0 fully saturated rings. The Labute approximate surface area is 117 Å². The summed E-state index contributed by atoms with van der Waals surface area (Å²) < 4.78 is 29.2. The Balaban J connectivity index is 2.65. The van der Waals surface area contributed by atoms with E-state index in [0.717, 1.165) is 6.42 Å². The zero-order chi connectivity index (χ0) is 15.0. The van der Waals surface area contributed by atoms with Gasteiger partial charge in [0, 0.05) is 17.8 Å². The molecule has 5 nitrogen and oxygen atoms in total. The lowest BCUT2D eigenvalue weighted by Gasteiger charge is -2.12. The number of rotatable bonds is 7. The maximum atomic E-state index is 12.1. The maximum absolute atomic E-state index is 12.1. The summed E-state index contributed by atoms with van der Waals surface area (Å²) in [7, 11) is 0. The molecule has 3 N–H and O–H groups in total. The van der Waals surface area contributed by atoms with Crippen molar-refractivity contribution in [3.63, 3.8) is 0 Å². The molecule has 0 radical (unpaired) electrons. The SMILES string of the molecule is CCC(C)NC(N)=NCc1cccnc1OCC(F)F. The fourth-order valence-electron chi connectivity index (χ4n) is 1.39. The van der Waals surface area contributed by atoms with Crippen LogP contribution in [0.2, 0.25) is 0 Å². The number of aliphatic imine (C=N–C) groups is 1. The summed E-state index contributed by atoms with van der Waals surface area (Å²) in [6.45, 7) is 3.56. The van der Waals surface area contributed by atoms with Crippen molar-refractivity contribution in [1.82, 2.24) is 10.3 Å². The number of nitrogens with two attached hydrogens (primary N) is 1. The van der Waals surface area contributed by atoms with E-state index in [0.29, 0.717) is 11.5 Å². The van der Waals surface area contributed by atoms with Crippen molar-refractivity contribution in [3.8, 4) is 5.88 Å². The molecule has 20 heavy (non-hydrogen) atoms. The van der Waals surface area contributed by atoms with E-state index in [1.807, 2.05) is 13.8 Å². The molecule has 0 aliphatic heterocycles. The van der Waals surface area contributed by atoms with E-state index in [-0.39, 0.29) is 18.5 Å². The van der Waals surface area contributed by atoms with Crippen molar-refractivity contribution >= 4 is 5.96 Å². The number of nitrogens with zero attached hydrogens (tertiary/aromatic N) is 2. The summed E-state index contributed by atoms with van der Waals surface area (Å²) in [4.78, 5) is 8.07. The number of nitrogens with one attached hydrogen (secondary N) is 1. The Morgan fingerprint density at radius 3 is 2.95 bits per heavy atom. The first kappa shape index (κ1) is 16.1. The van der Waals surface area contributed by atoms with Gasteiger partial charge >= 0.3 is 0 Å². The van der Waals surface area contributed by atoms with Crippen molar-refractivity contribution in [2.24, 2.45) is 10.7 Å². The summed E-state index contributed by atoms with van der Waals surface area (Å²) in [5.74, 6) is 0.468. The summed E-state index contributed by atoms with van der Waals surface area (Å²) in [6.07, 6.45) is -0.133. The molecule has 0 amide bonds. The van der Waals surface area contributed by atoms with Gasteiger partial charge in [-0.1, -0.05) is 13.0 Å². The van der Waals surface area contributed by atoms with Gasteiger partial charge in [0.2, 0.25) is 5.88 Å². The summed E-state index contributed by atoms with van der Waals surface area (Å²) in [5, 5.41) is 3.02. The third kappa shape index (κ3) is 5.81. The highest BCUT2D eigenvalue weighted by atomic mass is 19.3. The fourth-order valence-corrected chi connectivity index (χ4v) is 1.39. The quantitative estimate of drug-likeness (QED) is 0.593. The average Bonchev–Trinajstić information content (AvgIpc) is 2.43. The van der Waals surface area contributed by atoms with Crippen LogP contribution in [0.25, 0.3) is 0 Å². The Morgan fingerprint density at radius 2 is 2.30 bits per heavy atom. The van der Waals surface area contributed by atoms with E-state index < -0.39 is 13.0 Å². The lowest BCUT2D eigenvalue weighted by molar-refractivity contribution is 0.0791. The Kier molecular flexibility index (Phi) is 6.69. The molecule has 0 bridgehead atoms. The topological polar surface area (TPSA) is 72.5 Å². The standard InChI is InChI=1S/C13H20F2N4O/c1-3-9(2)19-13(16)18-7-10-5-4-6-17-12(10)20-8-11(14)15/h4-6,9,11H,3,7-8H2,1-2H3,(H3,16,18,19). The number of ether oxygens (including phenoxy) is 1. The van der Waals surface area contributed by atoms with E-state index in [4.69, 9.17) is 10.5 Å². The first-order valence-corrected chi connectivity index (χ1v) is 6.44. The van der Waals surface area contributed by atoms with Crippen LogP contribution >= 0.6 is 0 Å². The van der Waals surface area contributed by atoms with Crippen LogP contribution in [0.1, 0.15) is 25.8 Å². The van der Waals surface area contributed by atoms with Crippen LogP contribution in [0.15, 0.2) is 23.3 Å². The van der Waals surface area contributed by atoms with E-state index >= 15 is 0 Å². The Morgan fingerprint density at radius 1 is 1.55 bits per heavy atom. The zero-order valence-corrected chi connectivity index (χ0v) is 11.6. The molecule has 0 aliphatic carbocycles. The molecule has 1 rings (SSSR count). The van der Waals surface area contributed by atoms with E-state index in [1.165, 1.54) is 6.20 Å². The van der Waals surface area contributed by atoms with Gasteiger partial charge in [0.25, 0.3) is 6.43 Å². The first-order chi connectivity index (χ1) is 9.52. The first-order valence-electron chi connectivity index (χ1n) is 6.44. The smallest absolute Gasteiger partial charge is 0.272 e. The van der Waals surface area contributed by atoms with Crippen LogP contribution in [-0.2, 0) is 6.54 Å². The van der Waals surface area contributed by atoms with E-state index in [9.17, 15) is 8.78 Å². The number of hydrogen-bond donors (Lipinski definition) is 2. The van der Waals surface area contributed by atoms with E-state index in [1.54, 1.807) is 12.1 Å². The van der Waals surface area contributed by atoms with E-state index in [2.05, 4.69) is 15.3 Å². The number of hydrogen-bond acceptors (Lipinski definition) is 3. The molecular formula is C13H20F2N4O. The van der Waals surface area contributed by atoms with Gasteiger partial charge in [-0.2, -0.15) is 0 Å². The van der Waals surface area contributed by atoms with Gasteiger partial charge in [-0.15, -0.1) is 0 Å². The molecule has 0 aromatic carbocycles. The van der Waals surface area contributed by atoms with Crippen LogP contribution in [0.5, 0.6) is 5.88 Å². The molecule has 0 saturated carbocycles. The maximum Gasteiger partial charge on any atom is 0.272 e. The van der Waals surface area contributed by atoms with Gasteiger partial charge in [0.1, 0.15) is 0 Å². The highest BCUT2D eigenvalue weighted by Gasteiger charge is 2.08. The molecule has 1 atom stereocenters. The highest BCUT2D eigenvalue weighted by molar-refractivity contribution is 5.78. The average molecular weight is 286 g/mol. The molecule has 7 heteroatoms. The second kappa shape index (κ2) is 8.29. The van der Waals surface area contributed by atoms with Gasteiger partial charge in [-0.25, -0.2) is 18.8 Å². The van der Waals surface area contributed by atoms with Gasteiger partial charge in [0.05, 0.1) is 6.54 Å². The number of halogens is 2. The van der Waals surface area contributed by atoms with Crippen LogP contribution in [0.3, 0.4) is 0 Å². The van der Waals surface area contributed by atoms with Crippen LogP contribution in [-0.4, -0.2) is 30.0 Å². The van der Waals surface area contributed by atoms with Crippen molar-refractivity contribution in [2.75, 3.05) is 6.61 Å². The minimum Gasteiger partial charge on any atom is -0.471 e. The third-order valence-electron chi connectivity index (χ3n) is 2.62. The zero-order valence-electron chi connectivity index (χ0n) is 11.6. The van der Waals surface area contributed by atoms with Crippen molar-refractivity contribution in [1.29, 1.82) is 0 Å². The molecule has 112 valence electrons. The van der Waals surface area contributed by atoms with Gasteiger partial charge < -0.3 is 15.8 Å². The lowest BCUT2D eigenvalue weighted by atomic mass is 10.2. The van der Waals surface area contributed by atoms with Crippen molar-refractivity contribution in [2.45, 2.75) is 39.3 Å². The largest absolute Gasteiger partial charge is 0.471 e. The summed E-state index contributed by atoms with van der Waals surface area (Å²) in [5.41, 5.74) is 6.34. The normalized spacial score (nSPS) is 13.3. The molecule has 1 heterocycles. The predicted molar refractivity (Wildman–Crippen MR) is 74.0 cm³/mol. The second-order valence-corrected chi connectivity index (χ2v) is 4.32. The fraction of sp³-hybridized carbons (Fsp3) is 0.538. The molecule has 1 aromatic heterocycles. The molecule has 1 aromatic rings. The highest BCUT2D eigenvalue weighted by Crippen LogP contribution is 2.16. The van der Waals surface area contributed by atoms with Gasteiger partial charge in [-0.3, -0.25) is 0 Å². The number of guanidine groups is 1. The number of alkyl halides is 2. The minimum absolute atomic E-state index is 0.160. The molecular weight excluding hydrogens is 266 g/mol. The van der Waals surface area contributed by atoms with Crippen LogP contribution in [0, 0.1) is 0 Å². The molecule has 0 aliphatic rings.